The van der Waals surface area contributed by atoms with Gasteiger partial charge in [0.2, 0.25) is 5.78 Å². The maximum Gasteiger partial charge on any atom is 0.229 e. The summed E-state index contributed by atoms with van der Waals surface area (Å²) in [7, 11) is 0. The van der Waals surface area contributed by atoms with Crippen LogP contribution in [-0.4, -0.2) is 67.5 Å². The Kier molecular flexibility index (Phi) is 5.63. The monoisotopic (exact) mass is 276 g/mol. The number of hydrogen-bond acceptors (Lipinski definition) is 8. The van der Waals surface area contributed by atoms with Gasteiger partial charge in [-0.05, 0) is 13.8 Å². The molecule has 0 amide bonds. The van der Waals surface area contributed by atoms with Gasteiger partial charge in [-0.3, -0.25) is 19.2 Å². The van der Waals surface area contributed by atoms with Crippen molar-refractivity contribution in [3.8, 4) is 0 Å². The van der Waals surface area contributed by atoms with Gasteiger partial charge >= 0.3 is 0 Å². The molecule has 0 aliphatic heterocycles. The minimum Gasteiger partial charge on any atom is -0.386 e. The van der Waals surface area contributed by atoms with Crippen molar-refractivity contribution < 1.29 is 39.6 Å². The van der Waals surface area contributed by atoms with E-state index < -0.39 is 47.0 Å². The molecule has 4 unspecified atom stereocenters. The zero-order valence-electron chi connectivity index (χ0n) is 10.7. The molecule has 0 aliphatic carbocycles. The predicted octanol–water partition coefficient (Wildman–Crippen LogP) is -2.86. The molecule has 4 N–H and O–H groups in total. The summed E-state index contributed by atoms with van der Waals surface area (Å²) in [6.45, 7) is 2.39. The highest BCUT2D eigenvalue weighted by molar-refractivity contribution is 6.38. The topological polar surface area (TPSA) is 149 Å². The summed E-state index contributed by atoms with van der Waals surface area (Å²) in [4.78, 5) is 44.4. The second-order valence-corrected chi connectivity index (χ2v) is 4.20. The summed E-state index contributed by atoms with van der Waals surface area (Å²) in [5.41, 5.74) is -3.15. The summed E-state index contributed by atoms with van der Waals surface area (Å²) in [5.74, 6) is -4.94. The Labute approximate surface area is 108 Å². The lowest BCUT2D eigenvalue weighted by molar-refractivity contribution is -0.190. The quantitative estimate of drug-likeness (QED) is 0.363. The van der Waals surface area contributed by atoms with Gasteiger partial charge in [0.25, 0.3) is 0 Å². The molecule has 0 aromatic carbocycles. The molecule has 0 bridgehead atoms. The minimum atomic E-state index is -3.15. The number of carbonyl (C=O) groups is 4. The highest BCUT2D eigenvalue weighted by Gasteiger charge is 2.54. The molecule has 0 saturated heterocycles. The Bertz CT molecular complexity index is 415. The third-order valence-corrected chi connectivity index (χ3v) is 2.74. The van der Waals surface area contributed by atoms with E-state index in [9.17, 15) is 39.6 Å². The summed E-state index contributed by atoms with van der Waals surface area (Å²) in [5, 5.41) is 38.4. The second-order valence-electron chi connectivity index (χ2n) is 4.20. The van der Waals surface area contributed by atoms with Crippen molar-refractivity contribution in [1.82, 2.24) is 0 Å². The number of rotatable bonds is 7. The molecule has 19 heavy (non-hydrogen) atoms. The van der Waals surface area contributed by atoms with Crippen molar-refractivity contribution in [2.45, 2.75) is 44.7 Å². The van der Waals surface area contributed by atoms with E-state index in [2.05, 4.69) is 0 Å². The van der Waals surface area contributed by atoms with Crippen LogP contribution in [0.4, 0.5) is 0 Å². The van der Waals surface area contributed by atoms with E-state index in [1.807, 2.05) is 0 Å². The Morgan fingerprint density at radius 2 is 1.37 bits per heavy atom. The van der Waals surface area contributed by atoms with E-state index in [4.69, 9.17) is 0 Å². The predicted molar refractivity (Wildman–Crippen MR) is 60.0 cm³/mol. The SMILES string of the molecule is CC(=O)C(=O)C(O)C(O)(C(C)=O)C(O)C(O)C(C)=O. The van der Waals surface area contributed by atoms with E-state index in [1.54, 1.807) is 0 Å². The summed E-state index contributed by atoms with van der Waals surface area (Å²) in [6.07, 6.45) is -7.21. The normalized spacial score (nSPS) is 18.9. The molecule has 0 rings (SSSR count). The highest BCUT2D eigenvalue weighted by Crippen LogP contribution is 2.22. The molecule has 0 saturated carbocycles. The minimum absolute atomic E-state index is 0.729. The summed E-state index contributed by atoms with van der Waals surface area (Å²) >= 11 is 0. The summed E-state index contributed by atoms with van der Waals surface area (Å²) < 4.78 is 0. The Morgan fingerprint density at radius 3 is 1.63 bits per heavy atom. The Hall–Kier alpha value is -1.48. The van der Waals surface area contributed by atoms with Crippen LogP contribution >= 0.6 is 0 Å². The van der Waals surface area contributed by atoms with Gasteiger partial charge in [0, 0.05) is 6.92 Å². The number of Topliss-reactive ketones (excluding diaryl/α,β-unsaturated/α-hetero) is 4. The van der Waals surface area contributed by atoms with Crippen LogP contribution in [0.2, 0.25) is 0 Å². The highest BCUT2D eigenvalue weighted by atomic mass is 16.4. The number of aliphatic hydroxyl groups excluding tert-OH is 3. The average Bonchev–Trinajstić information content (AvgIpc) is 2.33. The number of hydrogen-bond donors (Lipinski definition) is 4. The zero-order valence-corrected chi connectivity index (χ0v) is 10.7. The molecule has 0 spiro atoms. The van der Waals surface area contributed by atoms with Gasteiger partial charge in [0.05, 0.1) is 0 Å². The van der Waals surface area contributed by atoms with Crippen molar-refractivity contribution in [3.63, 3.8) is 0 Å². The Morgan fingerprint density at radius 1 is 0.947 bits per heavy atom. The standard InChI is InChI=1S/C11H16O8/c1-4(12)7(15)9(17)11(19,6(3)14)10(18)8(16)5(2)13/h7,9-10,15,17-19H,1-3H3. The fourth-order valence-electron chi connectivity index (χ4n) is 1.42. The van der Waals surface area contributed by atoms with Crippen LogP contribution in [0.1, 0.15) is 20.8 Å². The first-order chi connectivity index (χ1) is 8.47. The van der Waals surface area contributed by atoms with Gasteiger partial charge in [0.1, 0.15) is 12.2 Å². The van der Waals surface area contributed by atoms with Crippen molar-refractivity contribution >= 4 is 23.1 Å². The number of aliphatic hydroxyl groups is 4. The van der Waals surface area contributed by atoms with Crippen molar-refractivity contribution in [2.75, 3.05) is 0 Å². The molecule has 4 atom stereocenters. The lowest BCUT2D eigenvalue weighted by Gasteiger charge is -2.35. The molecule has 108 valence electrons. The van der Waals surface area contributed by atoms with E-state index in [-0.39, 0.29) is 0 Å². The first-order valence-electron chi connectivity index (χ1n) is 5.30. The third-order valence-electron chi connectivity index (χ3n) is 2.74. The molecule has 0 aromatic rings. The molecule has 0 heterocycles. The van der Waals surface area contributed by atoms with Gasteiger partial charge in [-0.1, -0.05) is 0 Å². The first kappa shape index (κ1) is 17.5. The molecular weight excluding hydrogens is 260 g/mol. The van der Waals surface area contributed by atoms with Crippen LogP contribution < -0.4 is 0 Å². The van der Waals surface area contributed by atoms with Crippen molar-refractivity contribution in [3.05, 3.63) is 0 Å². The average molecular weight is 276 g/mol. The lowest BCUT2D eigenvalue weighted by Crippen LogP contribution is -2.65. The van der Waals surface area contributed by atoms with Crippen LogP contribution in [0, 0.1) is 0 Å². The molecule has 0 fully saturated rings. The maximum absolute atomic E-state index is 11.3. The van der Waals surface area contributed by atoms with Crippen molar-refractivity contribution in [1.29, 1.82) is 0 Å². The van der Waals surface area contributed by atoms with E-state index in [1.165, 1.54) is 0 Å². The zero-order chi connectivity index (χ0) is 15.5. The van der Waals surface area contributed by atoms with Gasteiger partial charge < -0.3 is 20.4 Å². The van der Waals surface area contributed by atoms with E-state index in [0.29, 0.717) is 0 Å². The van der Waals surface area contributed by atoms with Crippen LogP contribution in [0.25, 0.3) is 0 Å². The van der Waals surface area contributed by atoms with Gasteiger partial charge in [-0.25, -0.2) is 0 Å². The van der Waals surface area contributed by atoms with Crippen LogP contribution in [0.15, 0.2) is 0 Å². The van der Waals surface area contributed by atoms with Crippen LogP contribution in [0.5, 0.6) is 0 Å². The smallest absolute Gasteiger partial charge is 0.229 e. The molecule has 8 nitrogen and oxygen atoms in total. The van der Waals surface area contributed by atoms with Gasteiger partial charge in [-0.2, -0.15) is 0 Å². The van der Waals surface area contributed by atoms with Crippen LogP contribution in [-0.2, 0) is 19.2 Å². The molecule has 0 aliphatic rings. The number of ketones is 4. The van der Waals surface area contributed by atoms with Crippen molar-refractivity contribution in [2.24, 2.45) is 0 Å². The molecular formula is C11H16O8. The van der Waals surface area contributed by atoms with E-state index in [0.717, 1.165) is 20.8 Å². The van der Waals surface area contributed by atoms with Crippen LogP contribution in [0.3, 0.4) is 0 Å². The second kappa shape index (κ2) is 6.11. The fourth-order valence-corrected chi connectivity index (χ4v) is 1.42. The van der Waals surface area contributed by atoms with Gasteiger partial charge in [0.15, 0.2) is 29.1 Å². The first-order valence-corrected chi connectivity index (χ1v) is 5.30. The molecule has 0 aromatic heterocycles. The number of carbonyl (C=O) groups excluding carboxylic acids is 4. The fraction of sp³-hybridized carbons (Fsp3) is 0.636. The lowest BCUT2D eigenvalue weighted by atomic mass is 9.80. The van der Waals surface area contributed by atoms with Gasteiger partial charge in [-0.15, -0.1) is 0 Å². The summed E-state index contributed by atoms with van der Waals surface area (Å²) in [6, 6.07) is 0. The third kappa shape index (κ3) is 3.29. The largest absolute Gasteiger partial charge is 0.386 e. The maximum atomic E-state index is 11.3. The molecule has 8 heteroatoms. The van der Waals surface area contributed by atoms with E-state index >= 15 is 0 Å². The Balaban J connectivity index is 5.61. The molecule has 0 radical (unpaired) electrons.